The second-order valence-corrected chi connectivity index (χ2v) is 8.14. The number of fused-ring (bicyclic) bond motifs is 1. The topological polar surface area (TPSA) is 77.1 Å². The second kappa shape index (κ2) is 8.68. The van der Waals surface area contributed by atoms with Crippen LogP contribution in [0, 0.1) is 13.8 Å². The Hall–Kier alpha value is -3.11. The van der Waals surface area contributed by atoms with Crippen LogP contribution in [0.15, 0.2) is 36.5 Å². The van der Waals surface area contributed by atoms with Gasteiger partial charge in [0.05, 0.1) is 27.1 Å². The van der Waals surface area contributed by atoms with E-state index in [4.69, 9.17) is 23.2 Å². The number of benzene rings is 1. The average Bonchev–Trinajstić information content (AvgIpc) is 3.28. The second-order valence-electron chi connectivity index (χ2n) is 7.33. The Morgan fingerprint density at radius 1 is 1.12 bits per heavy atom. The van der Waals surface area contributed by atoms with E-state index in [0.29, 0.717) is 16.3 Å². The molecule has 7 nitrogen and oxygen atoms in total. The molecule has 0 bridgehead atoms. The Kier molecular flexibility index (Phi) is 6.06. The molecule has 0 fully saturated rings. The fraction of sp³-hybridized carbons (Fsp3) is 0.238. The van der Waals surface area contributed by atoms with Crippen LogP contribution in [0.4, 0.5) is 13.2 Å². The number of hydrogen-bond acceptors (Lipinski definition) is 4. The first-order valence-corrected chi connectivity index (χ1v) is 10.5. The highest BCUT2D eigenvalue weighted by Crippen LogP contribution is 2.33. The average molecular weight is 497 g/mol. The maximum absolute atomic E-state index is 13.2. The quantitative estimate of drug-likeness (QED) is 0.429. The molecule has 1 aromatic carbocycles. The summed E-state index contributed by atoms with van der Waals surface area (Å²) in [6.45, 7) is 3.80. The number of aromatic nitrogens is 5. The van der Waals surface area contributed by atoms with Crippen molar-refractivity contribution in [2.24, 2.45) is 0 Å². The Labute approximate surface area is 196 Å². The summed E-state index contributed by atoms with van der Waals surface area (Å²) in [5.41, 5.74) is 1.36. The minimum Gasteiger partial charge on any atom is -0.352 e. The summed E-state index contributed by atoms with van der Waals surface area (Å²) < 4.78 is 42.5. The van der Waals surface area contributed by atoms with E-state index in [1.54, 1.807) is 28.9 Å². The molecule has 12 heteroatoms. The lowest BCUT2D eigenvalue weighted by Gasteiger charge is -2.09. The highest BCUT2D eigenvalue weighted by Gasteiger charge is 2.35. The van der Waals surface area contributed by atoms with E-state index in [1.165, 1.54) is 10.6 Å². The van der Waals surface area contributed by atoms with E-state index in [9.17, 15) is 18.0 Å². The van der Waals surface area contributed by atoms with Crippen LogP contribution in [0.2, 0.25) is 10.0 Å². The predicted molar refractivity (Wildman–Crippen MR) is 117 cm³/mol. The molecule has 0 saturated heterocycles. The molecule has 172 valence electrons. The summed E-state index contributed by atoms with van der Waals surface area (Å²) in [5.74, 6) is -0.0918. The number of alkyl halides is 3. The molecule has 3 heterocycles. The Balaban J connectivity index is 1.44. The molecule has 0 aliphatic heterocycles. The number of aryl methyl sites for hydroxylation is 1. The van der Waals surface area contributed by atoms with Crippen molar-refractivity contribution < 1.29 is 18.0 Å². The number of hydrogen-bond donors (Lipinski definition) is 1. The van der Waals surface area contributed by atoms with Gasteiger partial charge in [0, 0.05) is 24.7 Å². The van der Waals surface area contributed by atoms with Crippen molar-refractivity contribution in [3.63, 3.8) is 0 Å². The third kappa shape index (κ3) is 4.53. The number of carbonyl (C=O) groups excluding carboxylic acids is 1. The van der Waals surface area contributed by atoms with Crippen LogP contribution in [-0.4, -0.2) is 36.8 Å². The Morgan fingerprint density at radius 3 is 2.42 bits per heavy atom. The molecule has 0 unspecified atom stereocenters. The normalized spacial score (nSPS) is 11.8. The van der Waals surface area contributed by atoms with Gasteiger partial charge in [-0.3, -0.25) is 9.20 Å². The first-order chi connectivity index (χ1) is 15.6. The third-order valence-corrected chi connectivity index (χ3v) is 5.81. The van der Waals surface area contributed by atoms with Crippen LogP contribution in [0.5, 0.6) is 0 Å². The summed E-state index contributed by atoms with van der Waals surface area (Å²) in [6, 6.07) is 7.60. The molecule has 1 N–H and O–H groups in total. The first-order valence-electron chi connectivity index (χ1n) is 9.77. The van der Waals surface area contributed by atoms with E-state index in [0.717, 1.165) is 17.4 Å². The maximum Gasteiger partial charge on any atom is 0.420 e. The van der Waals surface area contributed by atoms with Crippen molar-refractivity contribution in [1.82, 2.24) is 29.7 Å². The Bertz CT molecular complexity index is 1350. The maximum atomic E-state index is 13.2. The molecule has 3 aromatic heterocycles. The lowest BCUT2D eigenvalue weighted by Crippen LogP contribution is -2.26. The highest BCUT2D eigenvalue weighted by molar-refractivity contribution is 6.31. The van der Waals surface area contributed by atoms with Gasteiger partial charge in [-0.2, -0.15) is 18.3 Å². The number of nitrogens with one attached hydrogen (secondary N) is 1. The zero-order chi connectivity index (χ0) is 23.9. The molecule has 0 spiro atoms. The molecule has 0 aliphatic carbocycles. The summed E-state index contributed by atoms with van der Waals surface area (Å²) in [4.78, 5) is 12.5. The minimum absolute atomic E-state index is 0.0936. The van der Waals surface area contributed by atoms with E-state index in [2.05, 4.69) is 20.6 Å². The smallest absolute Gasteiger partial charge is 0.352 e. The van der Waals surface area contributed by atoms with Gasteiger partial charge in [0.25, 0.3) is 5.91 Å². The zero-order valence-electron chi connectivity index (χ0n) is 17.4. The molecule has 4 aromatic rings. The van der Waals surface area contributed by atoms with Gasteiger partial charge in [0.15, 0.2) is 5.65 Å². The van der Waals surface area contributed by atoms with Gasteiger partial charge in [0.1, 0.15) is 11.4 Å². The van der Waals surface area contributed by atoms with Crippen molar-refractivity contribution in [2.75, 3.05) is 6.54 Å². The van der Waals surface area contributed by atoms with Gasteiger partial charge in [-0.05, 0) is 44.2 Å². The van der Waals surface area contributed by atoms with Crippen LogP contribution in [-0.2, 0) is 12.6 Å². The van der Waals surface area contributed by atoms with Crippen molar-refractivity contribution in [2.45, 2.75) is 26.4 Å². The zero-order valence-corrected chi connectivity index (χ0v) is 18.9. The van der Waals surface area contributed by atoms with Gasteiger partial charge >= 0.3 is 6.18 Å². The van der Waals surface area contributed by atoms with Crippen molar-refractivity contribution in [3.8, 4) is 5.69 Å². The predicted octanol–water partition coefficient (Wildman–Crippen LogP) is 4.83. The highest BCUT2D eigenvalue weighted by atomic mass is 35.5. The van der Waals surface area contributed by atoms with Crippen LogP contribution >= 0.6 is 23.2 Å². The number of carbonyl (C=O) groups is 1. The van der Waals surface area contributed by atoms with E-state index < -0.39 is 11.7 Å². The first kappa shape index (κ1) is 23.1. The number of rotatable bonds is 5. The lowest BCUT2D eigenvalue weighted by molar-refractivity contribution is -0.136. The molecule has 0 atom stereocenters. The number of nitrogens with zero attached hydrogens (tertiary/aromatic N) is 5. The van der Waals surface area contributed by atoms with Gasteiger partial charge in [0.2, 0.25) is 0 Å². The monoisotopic (exact) mass is 496 g/mol. The van der Waals surface area contributed by atoms with Crippen molar-refractivity contribution >= 4 is 34.8 Å². The Morgan fingerprint density at radius 2 is 1.82 bits per heavy atom. The van der Waals surface area contributed by atoms with Crippen LogP contribution in [0.25, 0.3) is 11.3 Å². The molecule has 0 radical (unpaired) electrons. The molecule has 1 amide bonds. The lowest BCUT2D eigenvalue weighted by atomic mass is 10.2. The van der Waals surface area contributed by atoms with Gasteiger partial charge in [-0.1, -0.05) is 23.2 Å². The molecular weight excluding hydrogens is 480 g/mol. The molecule has 0 saturated carbocycles. The van der Waals surface area contributed by atoms with Crippen molar-refractivity contribution in [1.29, 1.82) is 0 Å². The molecule has 0 aliphatic rings. The van der Waals surface area contributed by atoms with Gasteiger partial charge in [-0.15, -0.1) is 10.2 Å². The fourth-order valence-electron chi connectivity index (χ4n) is 3.40. The summed E-state index contributed by atoms with van der Waals surface area (Å²) in [7, 11) is 0. The molecule has 4 rings (SSSR count). The SMILES string of the molecule is Cc1nn(-c2ccc(C(=O)NCCc3nnc4c(C(F)(F)F)cc(Cl)cn34)cc2)c(C)c1Cl. The minimum atomic E-state index is -4.62. The van der Waals surface area contributed by atoms with Crippen LogP contribution < -0.4 is 5.32 Å². The molecule has 33 heavy (non-hydrogen) atoms. The fourth-order valence-corrected chi connectivity index (χ4v) is 3.73. The van der Waals surface area contributed by atoms with Gasteiger partial charge < -0.3 is 5.32 Å². The third-order valence-electron chi connectivity index (χ3n) is 5.06. The number of halogens is 5. The van der Waals surface area contributed by atoms with Gasteiger partial charge in [-0.25, -0.2) is 4.68 Å². The summed E-state index contributed by atoms with van der Waals surface area (Å²) >= 11 is 12.0. The van der Waals surface area contributed by atoms with Crippen molar-refractivity contribution in [3.05, 3.63) is 74.9 Å². The van der Waals surface area contributed by atoms with E-state index in [1.807, 2.05) is 13.8 Å². The molecular formula is C21H17Cl2F3N6O. The summed E-state index contributed by atoms with van der Waals surface area (Å²) in [6.07, 6.45) is -3.14. The summed E-state index contributed by atoms with van der Waals surface area (Å²) in [5, 5.41) is 15.1. The van der Waals surface area contributed by atoms with Crippen LogP contribution in [0.1, 0.15) is 33.1 Å². The number of pyridine rings is 1. The standard InChI is InChI=1S/C21H17Cl2F3N6O/c1-11-18(23)12(2)32(30-11)15-5-3-13(4-6-15)20(33)27-8-7-17-28-29-19-16(21(24,25)26)9-14(22)10-31(17)19/h3-6,9-10H,7-8H2,1-2H3,(H,27,33). The van der Waals surface area contributed by atoms with E-state index >= 15 is 0 Å². The van der Waals surface area contributed by atoms with Crippen LogP contribution in [0.3, 0.4) is 0 Å². The number of amides is 1. The van der Waals surface area contributed by atoms with E-state index in [-0.39, 0.29) is 35.4 Å². The largest absolute Gasteiger partial charge is 0.420 e.